The monoisotopic (exact) mass is 365 g/mol. The normalized spacial score (nSPS) is 15.7. The summed E-state index contributed by atoms with van der Waals surface area (Å²) in [6.07, 6.45) is -14.1. The van der Waals surface area contributed by atoms with Gasteiger partial charge in [0, 0.05) is 18.4 Å². The van der Waals surface area contributed by atoms with Crippen molar-refractivity contribution in [1.82, 2.24) is 5.32 Å². The number of carboxylic acid groups (broad SMARTS) is 1. The molecule has 0 radical (unpaired) electrons. The Labute approximate surface area is 135 Å². The maximum absolute atomic E-state index is 12.4. The molecule has 0 aromatic carbocycles. The average Bonchev–Trinajstić information content (AvgIpc) is 2.27. The minimum atomic E-state index is -4.66. The summed E-state index contributed by atoms with van der Waals surface area (Å²) in [4.78, 5) is 23.3. The third-order valence-corrected chi connectivity index (χ3v) is 3.12. The molecular weight excluding hydrogens is 344 g/mol. The van der Waals surface area contributed by atoms with E-state index in [9.17, 15) is 35.9 Å². The molecule has 0 aliphatic rings. The number of halogens is 6. The summed E-state index contributed by atoms with van der Waals surface area (Å²) >= 11 is 0. The van der Waals surface area contributed by atoms with Gasteiger partial charge >= 0.3 is 18.3 Å². The summed E-state index contributed by atoms with van der Waals surface area (Å²) < 4.78 is 74.1. The first-order valence-electron chi connectivity index (χ1n) is 7.20. The minimum Gasteiger partial charge on any atom is -0.481 e. The number of aliphatic carboxylic acids is 1. The largest absolute Gasteiger partial charge is 0.481 e. The van der Waals surface area contributed by atoms with Crippen molar-refractivity contribution < 1.29 is 41.0 Å². The van der Waals surface area contributed by atoms with Crippen LogP contribution in [0.25, 0.3) is 0 Å². The molecule has 0 saturated heterocycles. The molecule has 2 unspecified atom stereocenters. The zero-order chi connectivity index (χ0) is 19.3. The lowest BCUT2D eigenvalue weighted by Gasteiger charge is -2.28. The quantitative estimate of drug-likeness (QED) is 0.673. The lowest BCUT2D eigenvalue weighted by Crippen LogP contribution is -2.47. The third-order valence-electron chi connectivity index (χ3n) is 3.12. The van der Waals surface area contributed by atoms with Crippen molar-refractivity contribution in [2.45, 2.75) is 64.3 Å². The van der Waals surface area contributed by atoms with Crippen molar-refractivity contribution in [3.8, 4) is 0 Å². The highest BCUT2D eigenvalue weighted by Crippen LogP contribution is 2.33. The molecule has 10 heteroatoms. The zero-order valence-corrected chi connectivity index (χ0v) is 13.5. The highest BCUT2D eigenvalue weighted by molar-refractivity contribution is 5.85. The van der Waals surface area contributed by atoms with Crippen molar-refractivity contribution in [3.63, 3.8) is 0 Å². The third kappa shape index (κ3) is 10.3. The van der Waals surface area contributed by atoms with E-state index in [1.54, 1.807) is 0 Å². The molecule has 0 aromatic heterocycles. The van der Waals surface area contributed by atoms with E-state index in [-0.39, 0.29) is 0 Å². The molecule has 4 nitrogen and oxygen atoms in total. The Balaban J connectivity index is 5.34. The van der Waals surface area contributed by atoms with Gasteiger partial charge in [-0.25, -0.2) is 0 Å². The predicted molar refractivity (Wildman–Crippen MR) is 73.1 cm³/mol. The SMILES string of the molecule is CC(C)(C)NC(=O)C(CCC(F)(F)F)C(CCC(F)(F)F)C(=O)O. The molecule has 0 aromatic rings. The average molecular weight is 365 g/mol. The molecule has 0 fully saturated rings. The molecule has 0 saturated carbocycles. The standard InChI is InChI=1S/C14H21F6NO3/c1-12(2,3)21-10(22)8(4-6-13(15,16)17)9(11(23)24)5-7-14(18,19)20/h8-9H,4-7H2,1-3H3,(H,21,22)(H,23,24). The highest BCUT2D eigenvalue weighted by Gasteiger charge is 2.40. The van der Waals surface area contributed by atoms with Crippen molar-refractivity contribution >= 4 is 11.9 Å². The Hall–Kier alpha value is -1.48. The van der Waals surface area contributed by atoms with Crippen LogP contribution in [0.2, 0.25) is 0 Å². The van der Waals surface area contributed by atoms with E-state index in [2.05, 4.69) is 5.32 Å². The summed E-state index contributed by atoms with van der Waals surface area (Å²) in [6, 6.07) is 0. The van der Waals surface area contributed by atoms with Crippen LogP contribution in [0.4, 0.5) is 26.3 Å². The highest BCUT2D eigenvalue weighted by atomic mass is 19.4. The van der Waals surface area contributed by atoms with Gasteiger partial charge in [0.2, 0.25) is 5.91 Å². The van der Waals surface area contributed by atoms with Crippen molar-refractivity contribution in [2.75, 3.05) is 0 Å². The number of amides is 1. The lowest BCUT2D eigenvalue weighted by molar-refractivity contribution is -0.159. The van der Waals surface area contributed by atoms with Gasteiger partial charge in [0.1, 0.15) is 0 Å². The molecule has 1 amide bonds. The summed E-state index contributed by atoms with van der Waals surface area (Å²) in [6.45, 7) is 4.58. The molecule has 2 atom stereocenters. The molecule has 24 heavy (non-hydrogen) atoms. The van der Waals surface area contributed by atoms with Crippen LogP contribution in [0.1, 0.15) is 46.5 Å². The van der Waals surface area contributed by atoms with Gasteiger partial charge in [0.05, 0.1) is 11.8 Å². The van der Waals surface area contributed by atoms with Gasteiger partial charge in [-0.05, 0) is 33.6 Å². The Morgan fingerprint density at radius 1 is 0.875 bits per heavy atom. The Kier molecular flexibility index (Phi) is 7.57. The van der Waals surface area contributed by atoms with Gasteiger partial charge in [-0.2, -0.15) is 26.3 Å². The van der Waals surface area contributed by atoms with Gasteiger partial charge in [-0.3, -0.25) is 9.59 Å². The number of rotatable bonds is 7. The smallest absolute Gasteiger partial charge is 0.389 e. The zero-order valence-electron chi connectivity index (χ0n) is 13.5. The van der Waals surface area contributed by atoms with Gasteiger partial charge in [0.25, 0.3) is 0 Å². The summed E-state index contributed by atoms with van der Waals surface area (Å²) in [5.74, 6) is -6.28. The van der Waals surface area contributed by atoms with Crippen LogP contribution in [0.5, 0.6) is 0 Å². The first kappa shape index (κ1) is 22.5. The van der Waals surface area contributed by atoms with Crippen LogP contribution < -0.4 is 5.32 Å². The molecule has 2 N–H and O–H groups in total. The van der Waals surface area contributed by atoms with Gasteiger partial charge in [-0.1, -0.05) is 0 Å². The number of nitrogens with one attached hydrogen (secondary N) is 1. The van der Waals surface area contributed by atoms with Gasteiger partial charge in [0.15, 0.2) is 0 Å². The molecule has 0 rings (SSSR count). The summed E-state index contributed by atoms with van der Waals surface area (Å²) in [5, 5.41) is 11.4. The minimum absolute atomic E-state index is 0.860. The van der Waals surface area contributed by atoms with Gasteiger partial charge < -0.3 is 10.4 Å². The van der Waals surface area contributed by atoms with Crippen LogP contribution in [0.3, 0.4) is 0 Å². The number of alkyl halides is 6. The Morgan fingerprint density at radius 3 is 1.54 bits per heavy atom. The van der Waals surface area contributed by atoms with Crippen molar-refractivity contribution in [1.29, 1.82) is 0 Å². The second kappa shape index (κ2) is 8.06. The molecule has 0 aliphatic carbocycles. The maximum atomic E-state index is 12.4. The maximum Gasteiger partial charge on any atom is 0.389 e. The van der Waals surface area contributed by atoms with E-state index in [4.69, 9.17) is 5.11 Å². The van der Waals surface area contributed by atoms with Crippen LogP contribution in [-0.2, 0) is 9.59 Å². The molecule has 0 heterocycles. The van der Waals surface area contributed by atoms with E-state index in [0.29, 0.717) is 0 Å². The van der Waals surface area contributed by atoms with E-state index >= 15 is 0 Å². The fourth-order valence-electron chi connectivity index (χ4n) is 2.11. The Bertz CT molecular complexity index is 439. The fraction of sp³-hybridized carbons (Fsp3) is 0.857. The summed E-state index contributed by atoms with van der Waals surface area (Å²) in [7, 11) is 0. The van der Waals surface area contributed by atoms with E-state index in [1.165, 1.54) is 20.8 Å². The first-order valence-corrected chi connectivity index (χ1v) is 7.20. The summed E-state index contributed by atoms with van der Waals surface area (Å²) in [5.41, 5.74) is -0.860. The van der Waals surface area contributed by atoms with E-state index in [1.807, 2.05) is 0 Å². The number of hydrogen-bond acceptors (Lipinski definition) is 2. The van der Waals surface area contributed by atoms with Crippen LogP contribution >= 0.6 is 0 Å². The topological polar surface area (TPSA) is 66.4 Å². The number of carbonyl (C=O) groups excluding carboxylic acids is 1. The second-order valence-electron chi connectivity index (χ2n) is 6.60. The van der Waals surface area contributed by atoms with Crippen LogP contribution in [0.15, 0.2) is 0 Å². The lowest BCUT2D eigenvalue weighted by atomic mass is 9.83. The second-order valence-corrected chi connectivity index (χ2v) is 6.60. The van der Waals surface area contributed by atoms with Crippen LogP contribution in [0, 0.1) is 11.8 Å². The molecule has 142 valence electrons. The van der Waals surface area contributed by atoms with Crippen molar-refractivity contribution in [2.24, 2.45) is 11.8 Å². The number of carboxylic acids is 1. The number of hydrogen-bond donors (Lipinski definition) is 2. The van der Waals surface area contributed by atoms with E-state index in [0.717, 1.165) is 0 Å². The van der Waals surface area contributed by atoms with Crippen LogP contribution in [-0.4, -0.2) is 34.9 Å². The predicted octanol–water partition coefficient (Wildman–Crippen LogP) is 3.90. The molecule has 0 aliphatic heterocycles. The fourth-order valence-corrected chi connectivity index (χ4v) is 2.11. The Morgan fingerprint density at radius 2 is 1.25 bits per heavy atom. The van der Waals surface area contributed by atoms with Crippen molar-refractivity contribution in [3.05, 3.63) is 0 Å². The first-order chi connectivity index (χ1) is 10.5. The molecule has 0 bridgehead atoms. The van der Waals surface area contributed by atoms with Gasteiger partial charge in [-0.15, -0.1) is 0 Å². The number of carbonyl (C=O) groups is 2. The molecule has 0 spiro atoms. The van der Waals surface area contributed by atoms with E-state index < -0.39 is 67.3 Å². The molecular formula is C14H21F6NO3.